The average molecular weight is 277 g/mol. The summed E-state index contributed by atoms with van der Waals surface area (Å²) in [5.41, 5.74) is 1.42. The number of H-pyrrole nitrogens is 1. The third-order valence-electron chi connectivity index (χ3n) is 2.72. The summed E-state index contributed by atoms with van der Waals surface area (Å²) in [6, 6.07) is 5.49. The third-order valence-corrected chi connectivity index (χ3v) is 3.87. The van der Waals surface area contributed by atoms with Gasteiger partial charge in [0, 0.05) is 16.5 Å². The van der Waals surface area contributed by atoms with Crippen LogP contribution in [0.1, 0.15) is 35.8 Å². The van der Waals surface area contributed by atoms with Gasteiger partial charge in [-0.15, -0.1) is 5.10 Å². The highest BCUT2D eigenvalue weighted by atomic mass is 32.2. The summed E-state index contributed by atoms with van der Waals surface area (Å²) in [5.74, 6) is 0. The van der Waals surface area contributed by atoms with E-state index in [-0.39, 0.29) is 11.7 Å². The number of aryl methyl sites for hydroxylation is 1. The van der Waals surface area contributed by atoms with Gasteiger partial charge in [0.15, 0.2) is 5.16 Å². The van der Waals surface area contributed by atoms with Gasteiger partial charge in [-0.25, -0.2) is 9.89 Å². The zero-order valence-corrected chi connectivity index (χ0v) is 11.8. The van der Waals surface area contributed by atoms with Gasteiger partial charge < -0.3 is 0 Å². The van der Waals surface area contributed by atoms with Gasteiger partial charge in [-0.1, -0.05) is 6.07 Å². The van der Waals surface area contributed by atoms with Gasteiger partial charge in [-0.2, -0.15) is 0 Å². The molecular weight excluding hydrogens is 262 g/mol. The Balaban J connectivity index is 2.36. The highest BCUT2D eigenvalue weighted by molar-refractivity contribution is 7.99. The maximum absolute atomic E-state index is 11.6. The van der Waals surface area contributed by atoms with E-state index < -0.39 is 0 Å². The van der Waals surface area contributed by atoms with Crippen LogP contribution in [0.25, 0.3) is 0 Å². The molecule has 19 heavy (non-hydrogen) atoms. The Hall–Kier alpha value is -1.82. The second kappa shape index (κ2) is 5.44. The minimum absolute atomic E-state index is 0.0447. The standard InChI is InChI=1S/C13H15N3O2S/c1-8(2)16-12(18)14-15-13(16)19-11-5-4-10(7-17)6-9(11)3/h4-8H,1-3H3,(H,14,18). The van der Waals surface area contributed by atoms with Crippen molar-refractivity contribution < 1.29 is 4.79 Å². The Labute approximate surface area is 115 Å². The number of hydrogen-bond donors (Lipinski definition) is 1. The molecule has 2 rings (SSSR count). The lowest BCUT2D eigenvalue weighted by Crippen LogP contribution is -2.19. The molecule has 0 atom stereocenters. The van der Waals surface area contributed by atoms with E-state index in [4.69, 9.17) is 0 Å². The van der Waals surface area contributed by atoms with E-state index >= 15 is 0 Å². The summed E-state index contributed by atoms with van der Waals surface area (Å²) in [6.45, 7) is 5.80. The molecule has 0 spiro atoms. The summed E-state index contributed by atoms with van der Waals surface area (Å²) in [6.07, 6.45) is 0.819. The molecule has 0 aliphatic carbocycles. The van der Waals surface area contributed by atoms with Gasteiger partial charge >= 0.3 is 5.69 Å². The van der Waals surface area contributed by atoms with E-state index in [0.717, 1.165) is 16.7 Å². The number of hydrogen-bond acceptors (Lipinski definition) is 4. The zero-order chi connectivity index (χ0) is 14.0. The van der Waals surface area contributed by atoms with Crippen LogP contribution in [0.4, 0.5) is 0 Å². The fourth-order valence-electron chi connectivity index (χ4n) is 1.78. The molecular formula is C13H15N3O2S. The Morgan fingerprint density at radius 2 is 2.16 bits per heavy atom. The van der Waals surface area contributed by atoms with Crippen molar-refractivity contribution in [1.82, 2.24) is 14.8 Å². The Morgan fingerprint density at radius 3 is 2.74 bits per heavy atom. The number of aldehydes is 1. The van der Waals surface area contributed by atoms with Crippen molar-refractivity contribution >= 4 is 18.0 Å². The average Bonchev–Trinajstić information content (AvgIpc) is 2.73. The van der Waals surface area contributed by atoms with Gasteiger partial charge in [0.25, 0.3) is 0 Å². The summed E-state index contributed by atoms with van der Waals surface area (Å²) < 4.78 is 1.61. The molecule has 0 fully saturated rings. The molecule has 6 heteroatoms. The molecule has 0 amide bonds. The van der Waals surface area contributed by atoms with Gasteiger partial charge in [0.05, 0.1) is 0 Å². The van der Waals surface area contributed by atoms with Crippen LogP contribution < -0.4 is 5.69 Å². The number of benzene rings is 1. The van der Waals surface area contributed by atoms with Crippen LogP contribution in [0.2, 0.25) is 0 Å². The maximum Gasteiger partial charge on any atom is 0.344 e. The number of carbonyl (C=O) groups excluding carboxylic acids is 1. The minimum atomic E-state index is -0.209. The number of carbonyl (C=O) groups is 1. The highest BCUT2D eigenvalue weighted by Crippen LogP contribution is 2.29. The molecule has 0 unspecified atom stereocenters. The first-order chi connectivity index (χ1) is 9.02. The van der Waals surface area contributed by atoms with E-state index in [2.05, 4.69) is 10.2 Å². The fourth-order valence-corrected chi connectivity index (χ4v) is 2.81. The number of nitrogens with one attached hydrogen (secondary N) is 1. The number of nitrogens with zero attached hydrogens (tertiary/aromatic N) is 2. The predicted octanol–water partition coefficient (Wildman–Crippen LogP) is 2.42. The van der Waals surface area contributed by atoms with Crippen LogP contribution in [0, 0.1) is 6.92 Å². The first kappa shape index (κ1) is 13.6. The largest absolute Gasteiger partial charge is 0.344 e. The van der Waals surface area contributed by atoms with Gasteiger partial charge in [-0.05, 0) is 50.2 Å². The SMILES string of the molecule is Cc1cc(C=O)ccc1Sc1n[nH]c(=O)n1C(C)C. The molecule has 2 aromatic rings. The van der Waals surface area contributed by atoms with E-state index in [1.807, 2.05) is 32.9 Å². The van der Waals surface area contributed by atoms with Crippen LogP contribution in [0.15, 0.2) is 33.0 Å². The predicted molar refractivity (Wildman–Crippen MR) is 73.9 cm³/mol. The summed E-state index contributed by atoms with van der Waals surface area (Å²) in [5, 5.41) is 7.12. The van der Waals surface area contributed by atoms with Crippen LogP contribution in [0.5, 0.6) is 0 Å². The molecule has 1 heterocycles. The van der Waals surface area contributed by atoms with Crippen LogP contribution in [0.3, 0.4) is 0 Å². The van der Waals surface area contributed by atoms with Crippen molar-refractivity contribution in [2.75, 3.05) is 0 Å². The molecule has 0 aliphatic rings. The third kappa shape index (κ3) is 2.78. The topological polar surface area (TPSA) is 67.8 Å². The molecule has 0 radical (unpaired) electrons. The molecule has 0 saturated carbocycles. The Morgan fingerprint density at radius 1 is 1.42 bits per heavy atom. The van der Waals surface area contributed by atoms with E-state index in [9.17, 15) is 9.59 Å². The lowest BCUT2D eigenvalue weighted by molar-refractivity contribution is 0.112. The molecule has 100 valence electrons. The first-order valence-electron chi connectivity index (χ1n) is 5.93. The van der Waals surface area contributed by atoms with Crippen molar-refractivity contribution in [3.63, 3.8) is 0 Å². The van der Waals surface area contributed by atoms with Crippen molar-refractivity contribution in [1.29, 1.82) is 0 Å². The number of rotatable bonds is 4. The monoisotopic (exact) mass is 277 g/mol. The van der Waals surface area contributed by atoms with E-state index in [0.29, 0.717) is 10.7 Å². The van der Waals surface area contributed by atoms with Crippen molar-refractivity contribution in [3.05, 3.63) is 39.8 Å². The summed E-state index contributed by atoms with van der Waals surface area (Å²) in [7, 11) is 0. The van der Waals surface area contributed by atoms with Gasteiger partial charge in [0.1, 0.15) is 6.29 Å². The van der Waals surface area contributed by atoms with Crippen molar-refractivity contribution in [2.24, 2.45) is 0 Å². The zero-order valence-electron chi connectivity index (χ0n) is 11.0. The maximum atomic E-state index is 11.6. The summed E-state index contributed by atoms with van der Waals surface area (Å²) >= 11 is 1.41. The van der Waals surface area contributed by atoms with Gasteiger partial charge in [-0.3, -0.25) is 9.36 Å². The molecule has 1 aromatic heterocycles. The van der Waals surface area contributed by atoms with Crippen molar-refractivity contribution in [2.45, 2.75) is 36.9 Å². The molecule has 0 saturated heterocycles. The molecule has 1 N–H and O–H groups in total. The first-order valence-corrected chi connectivity index (χ1v) is 6.75. The molecule has 0 bridgehead atoms. The second-order valence-electron chi connectivity index (χ2n) is 4.52. The quantitative estimate of drug-likeness (QED) is 0.871. The number of aromatic amines is 1. The molecule has 0 aliphatic heterocycles. The van der Waals surface area contributed by atoms with E-state index in [1.165, 1.54) is 11.8 Å². The van der Waals surface area contributed by atoms with E-state index in [1.54, 1.807) is 10.6 Å². The molecule has 5 nitrogen and oxygen atoms in total. The lowest BCUT2D eigenvalue weighted by atomic mass is 10.2. The lowest BCUT2D eigenvalue weighted by Gasteiger charge is -2.09. The van der Waals surface area contributed by atoms with Crippen LogP contribution >= 0.6 is 11.8 Å². The van der Waals surface area contributed by atoms with Crippen LogP contribution in [-0.4, -0.2) is 21.1 Å². The van der Waals surface area contributed by atoms with Crippen LogP contribution in [-0.2, 0) is 0 Å². The molecule has 1 aromatic carbocycles. The normalized spacial score (nSPS) is 10.9. The highest BCUT2D eigenvalue weighted by Gasteiger charge is 2.13. The second-order valence-corrected chi connectivity index (χ2v) is 5.53. The Kier molecular flexibility index (Phi) is 3.90. The van der Waals surface area contributed by atoms with Crippen molar-refractivity contribution in [3.8, 4) is 0 Å². The Bertz CT molecular complexity index is 658. The van der Waals surface area contributed by atoms with Gasteiger partial charge in [0.2, 0.25) is 0 Å². The minimum Gasteiger partial charge on any atom is -0.298 e. The summed E-state index contributed by atoms with van der Waals surface area (Å²) in [4.78, 5) is 23.3. The fraction of sp³-hybridized carbons (Fsp3) is 0.308. The smallest absolute Gasteiger partial charge is 0.298 e. The number of aromatic nitrogens is 3.